The van der Waals surface area contributed by atoms with Crippen LogP contribution in [0.2, 0.25) is 0 Å². The summed E-state index contributed by atoms with van der Waals surface area (Å²) in [6, 6.07) is 14.6. The molecule has 1 amide bonds. The second-order valence-electron chi connectivity index (χ2n) is 5.39. The zero-order chi connectivity index (χ0) is 16.9. The van der Waals surface area contributed by atoms with E-state index in [0.717, 1.165) is 5.56 Å². The maximum absolute atomic E-state index is 12.3. The number of anilines is 1. The average Bonchev–Trinajstić information content (AvgIpc) is 2.61. The van der Waals surface area contributed by atoms with E-state index < -0.39 is 5.91 Å². The van der Waals surface area contributed by atoms with Gasteiger partial charge in [0.05, 0.1) is 0 Å². The minimum Gasteiger partial charge on any atom is -0.486 e. The van der Waals surface area contributed by atoms with Gasteiger partial charge in [-0.2, -0.15) is 5.26 Å². The summed E-state index contributed by atoms with van der Waals surface area (Å²) < 4.78 is 11.0. The third-order valence-corrected chi connectivity index (χ3v) is 3.55. The molecule has 1 heterocycles. The second kappa shape index (κ2) is 6.88. The Morgan fingerprint density at radius 3 is 2.54 bits per heavy atom. The number of rotatable bonds is 3. The van der Waals surface area contributed by atoms with Crippen molar-refractivity contribution in [2.75, 3.05) is 18.5 Å². The minimum absolute atomic E-state index is 0.0206. The Labute approximate surface area is 140 Å². The SMILES string of the molecule is Cc1ccc(NC(=O)C(C#N)=Cc2ccc3c(c2)OCCO3)cc1. The van der Waals surface area contributed by atoms with E-state index in [-0.39, 0.29) is 5.57 Å². The molecule has 0 bridgehead atoms. The van der Waals surface area contributed by atoms with Crippen molar-refractivity contribution in [1.82, 2.24) is 0 Å². The largest absolute Gasteiger partial charge is 0.486 e. The molecule has 0 fully saturated rings. The van der Waals surface area contributed by atoms with E-state index >= 15 is 0 Å². The lowest BCUT2D eigenvalue weighted by atomic mass is 10.1. The number of ether oxygens (including phenoxy) is 2. The number of hydrogen-bond donors (Lipinski definition) is 1. The molecule has 1 aliphatic rings. The van der Waals surface area contributed by atoms with Crippen LogP contribution in [0.1, 0.15) is 11.1 Å². The Bertz CT molecular complexity index is 833. The van der Waals surface area contributed by atoms with Crippen molar-refractivity contribution in [1.29, 1.82) is 5.26 Å². The molecule has 5 nitrogen and oxygen atoms in total. The fourth-order valence-corrected chi connectivity index (χ4v) is 2.30. The number of carbonyl (C=O) groups is 1. The van der Waals surface area contributed by atoms with Gasteiger partial charge in [0, 0.05) is 5.69 Å². The number of hydrogen-bond acceptors (Lipinski definition) is 4. The van der Waals surface area contributed by atoms with Crippen molar-refractivity contribution in [3.05, 3.63) is 59.2 Å². The standard InChI is InChI=1S/C19H16N2O3/c1-13-2-5-16(6-3-13)21-19(22)15(12-20)10-14-4-7-17-18(11-14)24-9-8-23-17/h2-7,10-11H,8-9H2,1H3,(H,21,22). The monoisotopic (exact) mass is 320 g/mol. The molecule has 0 aromatic heterocycles. The van der Waals surface area contributed by atoms with Gasteiger partial charge in [0.15, 0.2) is 11.5 Å². The Kier molecular flexibility index (Phi) is 4.48. The van der Waals surface area contributed by atoms with Crippen LogP contribution in [0.15, 0.2) is 48.0 Å². The molecule has 24 heavy (non-hydrogen) atoms. The summed E-state index contributed by atoms with van der Waals surface area (Å²) in [6.07, 6.45) is 1.53. The highest BCUT2D eigenvalue weighted by atomic mass is 16.6. The zero-order valence-corrected chi connectivity index (χ0v) is 13.2. The molecule has 0 radical (unpaired) electrons. The van der Waals surface area contributed by atoms with E-state index in [0.29, 0.717) is 36.0 Å². The van der Waals surface area contributed by atoms with Crippen LogP contribution in [0.5, 0.6) is 11.5 Å². The molecule has 0 saturated heterocycles. The average molecular weight is 320 g/mol. The predicted octanol–water partition coefficient (Wildman–Crippen LogP) is 3.31. The smallest absolute Gasteiger partial charge is 0.266 e. The molecule has 0 unspecified atom stereocenters. The summed E-state index contributed by atoms with van der Waals surface area (Å²) in [5, 5.41) is 12.0. The van der Waals surface area contributed by atoms with Crippen molar-refractivity contribution in [3.63, 3.8) is 0 Å². The van der Waals surface area contributed by atoms with Gasteiger partial charge in [-0.15, -0.1) is 0 Å². The third kappa shape index (κ3) is 3.55. The molecule has 0 aliphatic carbocycles. The maximum Gasteiger partial charge on any atom is 0.266 e. The number of fused-ring (bicyclic) bond motifs is 1. The first-order chi connectivity index (χ1) is 11.7. The maximum atomic E-state index is 12.3. The van der Waals surface area contributed by atoms with Crippen molar-refractivity contribution in [2.45, 2.75) is 6.92 Å². The van der Waals surface area contributed by atoms with Gasteiger partial charge in [0.1, 0.15) is 24.9 Å². The molecule has 1 N–H and O–H groups in total. The quantitative estimate of drug-likeness (QED) is 0.695. The molecule has 0 spiro atoms. The Morgan fingerprint density at radius 1 is 1.12 bits per heavy atom. The van der Waals surface area contributed by atoms with Gasteiger partial charge in [-0.3, -0.25) is 4.79 Å². The Morgan fingerprint density at radius 2 is 1.83 bits per heavy atom. The normalized spacial score (nSPS) is 13.1. The first-order valence-electron chi connectivity index (χ1n) is 7.55. The summed E-state index contributed by atoms with van der Waals surface area (Å²) in [5.41, 5.74) is 2.47. The van der Waals surface area contributed by atoms with Gasteiger partial charge in [0.2, 0.25) is 0 Å². The first kappa shape index (κ1) is 15.6. The number of amides is 1. The molecule has 2 aromatic carbocycles. The highest BCUT2D eigenvalue weighted by Gasteiger charge is 2.13. The van der Waals surface area contributed by atoms with Crippen molar-refractivity contribution in [3.8, 4) is 17.6 Å². The highest BCUT2D eigenvalue weighted by molar-refractivity contribution is 6.09. The topological polar surface area (TPSA) is 71.4 Å². The van der Waals surface area contributed by atoms with Crippen LogP contribution in [0.3, 0.4) is 0 Å². The molecule has 0 saturated carbocycles. The third-order valence-electron chi connectivity index (χ3n) is 3.55. The van der Waals surface area contributed by atoms with Gasteiger partial charge >= 0.3 is 0 Å². The highest BCUT2D eigenvalue weighted by Crippen LogP contribution is 2.31. The molecule has 3 rings (SSSR count). The van der Waals surface area contributed by atoms with Crippen LogP contribution in [-0.4, -0.2) is 19.1 Å². The van der Waals surface area contributed by atoms with E-state index in [1.165, 1.54) is 6.08 Å². The van der Waals surface area contributed by atoms with Crippen molar-refractivity contribution < 1.29 is 14.3 Å². The molecular formula is C19H16N2O3. The molecule has 0 atom stereocenters. The second-order valence-corrected chi connectivity index (χ2v) is 5.39. The van der Waals surface area contributed by atoms with Gasteiger partial charge in [0.25, 0.3) is 5.91 Å². The number of nitrogens with zero attached hydrogens (tertiary/aromatic N) is 1. The van der Waals surface area contributed by atoms with Crippen LogP contribution in [0.25, 0.3) is 6.08 Å². The Hall–Kier alpha value is -3.26. The van der Waals surface area contributed by atoms with Crippen molar-refractivity contribution in [2.24, 2.45) is 0 Å². The summed E-state index contributed by atoms with van der Waals surface area (Å²) in [5.74, 6) is 0.837. The summed E-state index contributed by atoms with van der Waals surface area (Å²) in [7, 11) is 0. The molecule has 120 valence electrons. The van der Waals surface area contributed by atoms with Crippen LogP contribution in [-0.2, 0) is 4.79 Å². The van der Waals surface area contributed by atoms with Gasteiger partial charge in [-0.1, -0.05) is 23.8 Å². The van der Waals surface area contributed by atoms with Gasteiger partial charge in [-0.25, -0.2) is 0 Å². The summed E-state index contributed by atoms with van der Waals surface area (Å²) >= 11 is 0. The van der Waals surface area contributed by atoms with Gasteiger partial charge in [-0.05, 0) is 42.8 Å². The lowest BCUT2D eigenvalue weighted by molar-refractivity contribution is -0.112. The first-order valence-corrected chi connectivity index (χ1v) is 7.55. The van der Waals surface area contributed by atoms with Crippen LogP contribution < -0.4 is 14.8 Å². The summed E-state index contributed by atoms with van der Waals surface area (Å²) in [4.78, 5) is 12.3. The molecular weight excluding hydrogens is 304 g/mol. The van der Waals surface area contributed by atoms with E-state index in [2.05, 4.69) is 5.32 Å². The van der Waals surface area contributed by atoms with Crippen molar-refractivity contribution >= 4 is 17.7 Å². The fraction of sp³-hybridized carbons (Fsp3) is 0.158. The van der Waals surface area contributed by atoms with E-state index in [9.17, 15) is 10.1 Å². The van der Waals surface area contributed by atoms with Gasteiger partial charge < -0.3 is 14.8 Å². The lowest BCUT2D eigenvalue weighted by Gasteiger charge is -2.18. The predicted molar refractivity (Wildman–Crippen MR) is 90.8 cm³/mol. The number of carbonyl (C=O) groups excluding carboxylic acids is 1. The number of nitrogens with one attached hydrogen (secondary N) is 1. The van der Waals surface area contributed by atoms with E-state index in [4.69, 9.17) is 9.47 Å². The fourth-order valence-electron chi connectivity index (χ4n) is 2.30. The lowest BCUT2D eigenvalue weighted by Crippen LogP contribution is -2.15. The Balaban J connectivity index is 1.80. The number of aryl methyl sites for hydroxylation is 1. The van der Waals surface area contributed by atoms with Crippen LogP contribution in [0, 0.1) is 18.3 Å². The van der Waals surface area contributed by atoms with Crippen LogP contribution in [0.4, 0.5) is 5.69 Å². The zero-order valence-electron chi connectivity index (χ0n) is 13.2. The van der Waals surface area contributed by atoms with E-state index in [1.807, 2.05) is 25.1 Å². The molecule has 1 aliphatic heterocycles. The van der Waals surface area contributed by atoms with Crippen LogP contribution >= 0.6 is 0 Å². The van der Waals surface area contributed by atoms with E-state index in [1.54, 1.807) is 30.3 Å². The minimum atomic E-state index is -0.448. The number of benzene rings is 2. The summed E-state index contributed by atoms with van der Waals surface area (Å²) in [6.45, 7) is 2.97. The number of nitriles is 1. The molecule has 5 heteroatoms. The molecule has 2 aromatic rings.